The number of benzene rings is 1. The van der Waals surface area contributed by atoms with Gasteiger partial charge in [0.2, 0.25) is 5.91 Å². The van der Waals surface area contributed by atoms with E-state index in [4.69, 9.17) is 21.1 Å². The van der Waals surface area contributed by atoms with Crippen molar-refractivity contribution in [2.24, 2.45) is 0 Å². The van der Waals surface area contributed by atoms with E-state index in [2.05, 4.69) is 10.3 Å². The molecule has 1 aromatic heterocycles. The van der Waals surface area contributed by atoms with Crippen LogP contribution in [0.3, 0.4) is 0 Å². The summed E-state index contributed by atoms with van der Waals surface area (Å²) < 4.78 is 10.7. The van der Waals surface area contributed by atoms with Crippen molar-refractivity contribution in [1.82, 2.24) is 4.98 Å². The molecule has 0 atom stereocenters. The number of carbonyl (C=O) groups excluding carboxylic acids is 2. The van der Waals surface area contributed by atoms with Gasteiger partial charge < -0.3 is 9.47 Å². The van der Waals surface area contributed by atoms with Crippen molar-refractivity contribution in [1.29, 1.82) is 0 Å². The average Bonchev–Trinajstić information content (AvgIpc) is 3.02. The Morgan fingerprint density at radius 3 is 2.76 bits per heavy atom. The standard InChI is InChI=1S/C17H17ClN2O4S/c1-4-24-14-8-11(7-12(18)16(14)23-3)5-6-15(22)20-17-19-13(9-25-17)10(2)21/h5-9H,4H2,1-3H3,(H,19,20,22)/b6-5+. The fourth-order valence-electron chi connectivity index (χ4n) is 1.96. The van der Waals surface area contributed by atoms with Crippen molar-refractivity contribution in [2.45, 2.75) is 13.8 Å². The third-order valence-corrected chi connectivity index (χ3v) is 4.10. The summed E-state index contributed by atoms with van der Waals surface area (Å²) in [4.78, 5) is 27.2. The molecule has 0 saturated heterocycles. The molecule has 2 aromatic rings. The number of hydrogen-bond donors (Lipinski definition) is 1. The van der Waals surface area contributed by atoms with Gasteiger partial charge in [0.05, 0.1) is 18.7 Å². The summed E-state index contributed by atoms with van der Waals surface area (Å²) in [5, 5.41) is 4.95. The van der Waals surface area contributed by atoms with Crippen LogP contribution in [0.1, 0.15) is 29.9 Å². The van der Waals surface area contributed by atoms with Crippen LogP contribution in [0.4, 0.5) is 5.13 Å². The monoisotopic (exact) mass is 380 g/mol. The number of ether oxygens (including phenoxy) is 2. The van der Waals surface area contributed by atoms with E-state index in [1.165, 1.54) is 31.4 Å². The third kappa shape index (κ3) is 5.04. The Morgan fingerprint density at radius 1 is 1.40 bits per heavy atom. The number of aromatic nitrogens is 1. The summed E-state index contributed by atoms with van der Waals surface area (Å²) in [5.74, 6) is 0.436. The molecule has 0 radical (unpaired) electrons. The highest BCUT2D eigenvalue weighted by Gasteiger charge is 2.11. The number of halogens is 1. The lowest BCUT2D eigenvalue weighted by Gasteiger charge is -2.11. The topological polar surface area (TPSA) is 77.5 Å². The first-order valence-corrected chi connectivity index (χ1v) is 8.66. The molecule has 0 unspecified atom stereocenters. The normalized spacial score (nSPS) is 10.7. The maximum atomic E-state index is 12.0. The molecule has 0 aliphatic carbocycles. The molecule has 0 spiro atoms. The van der Waals surface area contributed by atoms with Crippen LogP contribution in [0.25, 0.3) is 6.08 Å². The minimum absolute atomic E-state index is 0.149. The third-order valence-electron chi connectivity index (χ3n) is 3.06. The molecule has 0 saturated carbocycles. The van der Waals surface area contributed by atoms with Crippen molar-refractivity contribution in [3.8, 4) is 11.5 Å². The number of anilines is 1. The fraction of sp³-hybridized carbons (Fsp3) is 0.235. The Labute approximate surface area is 154 Å². The highest BCUT2D eigenvalue weighted by Crippen LogP contribution is 2.36. The van der Waals surface area contributed by atoms with Crippen molar-refractivity contribution in [3.63, 3.8) is 0 Å². The Bertz CT molecular complexity index is 817. The van der Waals surface area contributed by atoms with E-state index >= 15 is 0 Å². The van der Waals surface area contributed by atoms with Gasteiger partial charge in [-0.3, -0.25) is 14.9 Å². The molecule has 25 heavy (non-hydrogen) atoms. The van der Waals surface area contributed by atoms with Crippen LogP contribution in [-0.4, -0.2) is 30.4 Å². The second kappa shape index (κ2) is 8.64. The zero-order valence-corrected chi connectivity index (χ0v) is 15.5. The van der Waals surface area contributed by atoms with Crippen LogP contribution in [0, 0.1) is 0 Å². The predicted molar refractivity (Wildman–Crippen MR) is 99.0 cm³/mol. The Hall–Kier alpha value is -2.38. The molecule has 8 heteroatoms. The first-order chi connectivity index (χ1) is 11.9. The highest BCUT2D eigenvalue weighted by molar-refractivity contribution is 7.14. The number of hydrogen-bond acceptors (Lipinski definition) is 6. The van der Waals surface area contributed by atoms with Gasteiger partial charge in [-0.1, -0.05) is 11.6 Å². The number of nitrogens with one attached hydrogen (secondary N) is 1. The predicted octanol–water partition coefficient (Wildman–Crippen LogP) is 4.06. The number of nitrogens with zero attached hydrogens (tertiary/aromatic N) is 1. The lowest BCUT2D eigenvalue weighted by atomic mass is 10.2. The molecule has 0 bridgehead atoms. The van der Waals surface area contributed by atoms with Gasteiger partial charge >= 0.3 is 0 Å². The van der Waals surface area contributed by atoms with Gasteiger partial charge in [-0.05, 0) is 30.7 Å². The van der Waals surface area contributed by atoms with Crippen LogP contribution in [0.15, 0.2) is 23.6 Å². The SMILES string of the molecule is CCOc1cc(/C=C/C(=O)Nc2nc(C(C)=O)cs2)cc(Cl)c1OC. The molecule has 1 aromatic carbocycles. The van der Waals surface area contributed by atoms with E-state index in [0.717, 1.165) is 0 Å². The van der Waals surface area contributed by atoms with Gasteiger partial charge in [-0.15, -0.1) is 11.3 Å². The van der Waals surface area contributed by atoms with Gasteiger partial charge in [-0.2, -0.15) is 0 Å². The summed E-state index contributed by atoms with van der Waals surface area (Å²) in [6.45, 7) is 3.74. The number of ketones is 1. The van der Waals surface area contributed by atoms with Gasteiger partial charge in [0.1, 0.15) is 5.69 Å². The number of methoxy groups -OCH3 is 1. The molecule has 6 nitrogen and oxygen atoms in total. The summed E-state index contributed by atoms with van der Waals surface area (Å²) in [7, 11) is 1.51. The fourth-order valence-corrected chi connectivity index (χ4v) is 3.01. The summed E-state index contributed by atoms with van der Waals surface area (Å²) in [6, 6.07) is 3.40. The van der Waals surface area contributed by atoms with E-state index in [1.807, 2.05) is 6.92 Å². The molecule has 0 fully saturated rings. The second-order valence-corrected chi connectivity index (χ2v) is 6.15. The lowest BCUT2D eigenvalue weighted by molar-refractivity contribution is -0.111. The molecule has 132 valence electrons. The minimum atomic E-state index is -0.366. The molecule has 1 amide bonds. The minimum Gasteiger partial charge on any atom is -0.491 e. The van der Waals surface area contributed by atoms with Crippen LogP contribution in [-0.2, 0) is 4.79 Å². The van der Waals surface area contributed by atoms with Crippen molar-refractivity contribution in [2.75, 3.05) is 19.0 Å². The number of carbonyl (C=O) groups is 2. The second-order valence-electron chi connectivity index (χ2n) is 4.88. The first kappa shape index (κ1) is 19.0. The van der Waals surface area contributed by atoms with E-state index in [0.29, 0.717) is 39.5 Å². The summed E-state index contributed by atoms with van der Waals surface area (Å²) >= 11 is 7.36. The quantitative estimate of drug-likeness (QED) is 0.579. The van der Waals surface area contributed by atoms with Crippen molar-refractivity contribution >= 4 is 45.8 Å². The van der Waals surface area contributed by atoms with E-state index in [9.17, 15) is 9.59 Å². The van der Waals surface area contributed by atoms with E-state index in [-0.39, 0.29) is 11.7 Å². The van der Waals surface area contributed by atoms with Gasteiger partial charge in [0, 0.05) is 18.4 Å². The van der Waals surface area contributed by atoms with Crippen LogP contribution >= 0.6 is 22.9 Å². The van der Waals surface area contributed by atoms with Crippen LogP contribution in [0.2, 0.25) is 5.02 Å². The van der Waals surface area contributed by atoms with Crippen molar-refractivity contribution in [3.05, 3.63) is 39.9 Å². The number of Topliss-reactive ketones (excluding diaryl/α,β-unsaturated/α-hetero) is 1. The van der Waals surface area contributed by atoms with Gasteiger partial charge in [0.15, 0.2) is 22.4 Å². The molecule has 2 rings (SSSR count). The largest absolute Gasteiger partial charge is 0.491 e. The summed E-state index contributed by atoms with van der Waals surface area (Å²) in [5.41, 5.74) is 1.01. The van der Waals surface area contributed by atoms with Gasteiger partial charge in [-0.25, -0.2) is 4.98 Å². The highest BCUT2D eigenvalue weighted by atomic mass is 35.5. The molecule has 0 aliphatic rings. The summed E-state index contributed by atoms with van der Waals surface area (Å²) in [6.07, 6.45) is 2.95. The molecular weight excluding hydrogens is 364 g/mol. The van der Waals surface area contributed by atoms with Crippen LogP contribution < -0.4 is 14.8 Å². The number of thiazole rings is 1. The Balaban J connectivity index is 2.12. The van der Waals surface area contributed by atoms with E-state index in [1.54, 1.807) is 23.6 Å². The number of amides is 1. The Morgan fingerprint density at radius 2 is 2.16 bits per heavy atom. The average molecular weight is 381 g/mol. The molecule has 1 N–H and O–H groups in total. The first-order valence-electron chi connectivity index (χ1n) is 7.40. The maximum Gasteiger partial charge on any atom is 0.250 e. The van der Waals surface area contributed by atoms with Crippen LogP contribution in [0.5, 0.6) is 11.5 Å². The lowest BCUT2D eigenvalue weighted by Crippen LogP contribution is -2.07. The zero-order valence-electron chi connectivity index (χ0n) is 14.0. The Kier molecular flexibility index (Phi) is 6.55. The van der Waals surface area contributed by atoms with Gasteiger partial charge in [0.25, 0.3) is 0 Å². The maximum absolute atomic E-state index is 12.0. The molecule has 0 aliphatic heterocycles. The molecular formula is C17H17ClN2O4S. The molecule has 1 heterocycles. The smallest absolute Gasteiger partial charge is 0.250 e. The number of rotatable bonds is 7. The van der Waals surface area contributed by atoms with E-state index < -0.39 is 0 Å². The van der Waals surface area contributed by atoms with Crippen molar-refractivity contribution < 1.29 is 19.1 Å². The zero-order chi connectivity index (χ0) is 18.4.